The Hall–Kier alpha value is -2.80. The standard InChI is InChI=1S/C20H22N6O4S2/c1-23-10-12-25(13-11-23)32(29,30)16-8-9-18(17(14-16)26(27)28)31-20-22-21-19(24(20)2)15-6-4-3-5-7-15/h3-9,14H,10-13H2,1-2H3. The van der Waals surface area contributed by atoms with Crippen LogP contribution in [0.1, 0.15) is 0 Å². The molecule has 2 heterocycles. The first-order chi connectivity index (χ1) is 15.3. The highest BCUT2D eigenvalue weighted by molar-refractivity contribution is 7.99. The van der Waals surface area contributed by atoms with E-state index in [9.17, 15) is 18.5 Å². The number of rotatable bonds is 6. The second kappa shape index (κ2) is 8.98. The van der Waals surface area contributed by atoms with Gasteiger partial charge in [-0.3, -0.25) is 10.1 Å². The number of nitrogens with zero attached hydrogens (tertiary/aromatic N) is 6. The fourth-order valence-corrected chi connectivity index (χ4v) is 5.72. The Morgan fingerprint density at radius 1 is 1.00 bits per heavy atom. The van der Waals surface area contributed by atoms with Gasteiger partial charge in [0.05, 0.1) is 14.7 Å². The first-order valence-electron chi connectivity index (χ1n) is 9.87. The fourth-order valence-electron chi connectivity index (χ4n) is 3.40. The molecule has 0 N–H and O–H groups in total. The Morgan fingerprint density at radius 2 is 1.69 bits per heavy atom. The normalized spacial score (nSPS) is 15.7. The second-order valence-electron chi connectivity index (χ2n) is 7.43. The Kier molecular flexibility index (Phi) is 6.29. The molecule has 32 heavy (non-hydrogen) atoms. The summed E-state index contributed by atoms with van der Waals surface area (Å²) in [6.45, 7) is 1.94. The second-order valence-corrected chi connectivity index (χ2v) is 10.4. The van der Waals surface area contributed by atoms with Crippen molar-refractivity contribution in [2.45, 2.75) is 14.9 Å². The van der Waals surface area contributed by atoms with E-state index in [4.69, 9.17) is 0 Å². The zero-order chi connectivity index (χ0) is 22.9. The van der Waals surface area contributed by atoms with Crippen molar-refractivity contribution in [1.82, 2.24) is 24.0 Å². The molecule has 0 radical (unpaired) electrons. The first-order valence-corrected chi connectivity index (χ1v) is 12.1. The van der Waals surface area contributed by atoms with Gasteiger partial charge in [0.25, 0.3) is 5.69 Å². The molecule has 12 heteroatoms. The molecular weight excluding hydrogens is 452 g/mol. The molecule has 4 rings (SSSR count). The number of aromatic nitrogens is 3. The van der Waals surface area contributed by atoms with Crippen molar-refractivity contribution in [2.24, 2.45) is 7.05 Å². The summed E-state index contributed by atoms with van der Waals surface area (Å²) in [6, 6.07) is 13.5. The van der Waals surface area contributed by atoms with Crippen molar-refractivity contribution in [2.75, 3.05) is 33.2 Å². The van der Waals surface area contributed by atoms with Crippen molar-refractivity contribution < 1.29 is 13.3 Å². The number of sulfonamides is 1. The Balaban J connectivity index is 1.64. The van der Waals surface area contributed by atoms with Gasteiger partial charge in [-0.2, -0.15) is 4.31 Å². The van der Waals surface area contributed by atoms with Crippen molar-refractivity contribution in [3.63, 3.8) is 0 Å². The van der Waals surface area contributed by atoms with Crippen LogP contribution in [0.15, 0.2) is 63.5 Å². The minimum atomic E-state index is -3.81. The first kappa shape index (κ1) is 22.4. The summed E-state index contributed by atoms with van der Waals surface area (Å²) in [4.78, 5) is 13.4. The molecule has 0 aliphatic carbocycles. The minimum Gasteiger partial charge on any atom is -0.305 e. The summed E-state index contributed by atoms with van der Waals surface area (Å²) >= 11 is 1.07. The summed E-state index contributed by atoms with van der Waals surface area (Å²) < 4.78 is 29.1. The molecule has 0 amide bonds. The lowest BCUT2D eigenvalue weighted by atomic mass is 10.2. The molecule has 0 bridgehead atoms. The van der Waals surface area contributed by atoms with Gasteiger partial charge in [0, 0.05) is 44.9 Å². The van der Waals surface area contributed by atoms with Crippen LogP contribution in [0.4, 0.5) is 5.69 Å². The molecule has 10 nitrogen and oxygen atoms in total. The SMILES string of the molecule is CN1CCN(S(=O)(=O)c2ccc(Sc3nnc(-c4ccccc4)n3C)c([N+](=O)[O-])c2)CC1. The fraction of sp³-hybridized carbons (Fsp3) is 0.300. The Bertz CT molecular complexity index is 1240. The van der Waals surface area contributed by atoms with Gasteiger partial charge in [-0.15, -0.1) is 10.2 Å². The molecule has 1 aromatic heterocycles. The number of piperazine rings is 1. The summed E-state index contributed by atoms with van der Waals surface area (Å²) in [5.41, 5.74) is 0.590. The lowest BCUT2D eigenvalue weighted by Crippen LogP contribution is -2.47. The molecule has 168 valence electrons. The molecule has 1 aliphatic heterocycles. The van der Waals surface area contributed by atoms with E-state index in [1.165, 1.54) is 16.4 Å². The van der Waals surface area contributed by atoms with E-state index in [1.54, 1.807) is 11.6 Å². The van der Waals surface area contributed by atoms with E-state index < -0.39 is 14.9 Å². The van der Waals surface area contributed by atoms with Crippen molar-refractivity contribution in [3.8, 4) is 11.4 Å². The lowest BCUT2D eigenvalue weighted by molar-refractivity contribution is -0.388. The number of likely N-dealkylation sites (N-methyl/N-ethyl adjacent to an activating group) is 1. The predicted molar refractivity (Wildman–Crippen MR) is 120 cm³/mol. The van der Waals surface area contributed by atoms with Crippen LogP contribution in [0.3, 0.4) is 0 Å². The zero-order valence-corrected chi connectivity index (χ0v) is 19.2. The van der Waals surface area contributed by atoms with E-state index in [1.807, 2.05) is 42.3 Å². The molecule has 3 aromatic rings. The Morgan fingerprint density at radius 3 is 2.34 bits per heavy atom. The molecule has 2 aromatic carbocycles. The molecule has 0 spiro atoms. The maximum absolute atomic E-state index is 13.0. The third-order valence-electron chi connectivity index (χ3n) is 5.30. The van der Waals surface area contributed by atoms with Gasteiger partial charge >= 0.3 is 0 Å². The summed E-state index contributed by atoms with van der Waals surface area (Å²) in [5.74, 6) is 0.630. The summed E-state index contributed by atoms with van der Waals surface area (Å²) in [7, 11) is -0.104. The molecule has 0 atom stereocenters. The van der Waals surface area contributed by atoms with Gasteiger partial charge in [-0.05, 0) is 30.9 Å². The van der Waals surface area contributed by atoms with Crippen LogP contribution in [-0.2, 0) is 17.1 Å². The van der Waals surface area contributed by atoms with E-state index in [0.29, 0.717) is 42.1 Å². The largest absolute Gasteiger partial charge is 0.305 e. The quantitative estimate of drug-likeness (QED) is 0.395. The van der Waals surface area contributed by atoms with Crippen LogP contribution in [0.5, 0.6) is 0 Å². The maximum Gasteiger partial charge on any atom is 0.284 e. The monoisotopic (exact) mass is 474 g/mol. The highest BCUT2D eigenvalue weighted by Crippen LogP contribution is 2.36. The number of hydrogen-bond donors (Lipinski definition) is 0. The topological polar surface area (TPSA) is 114 Å². The summed E-state index contributed by atoms with van der Waals surface area (Å²) in [6.07, 6.45) is 0. The van der Waals surface area contributed by atoms with Crippen LogP contribution in [0.2, 0.25) is 0 Å². The van der Waals surface area contributed by atoms with Crippen LogP contribution >= 0.6 is 11.8 Å². The number of hydrogen-bond acceptors (Lipinski definition) is 8. The smallest absolute Gasteiger partial charge is 0.284 e. The third-order valence-corrected chi connectivity index (χ3v) is 8.29. The average Bonchev–Trinajstić information content (AvgIpc) is 3.14. The predicted octanol–water partition coefficient (Wildman–Crippen LogP) is 2.48. The zero-order valence-electron chi connectivity index (χ0n) is 17.6. The van der Waals surface area contributed by atoms with E-state index in [-0.39, 0.29) is 10.6 Å². The number of nitro benzene ring substituents is 1. The molecule has 0 saturated carbocycles. The highest BCUT2D eigenvalue weighted by Gasteiger charge is 2.30. The van der Waals surface area contributed by atoms with Gasteiger partial charge in [0.15, 0.2) is 11.0 Å². The van der Waals surface area contributed by atoms with Gasteiger partial charge in [-0.25, -0.2) is 8.42 Å². The average molecular weight is 475 g/mol. The Labute approximate surface area is 190 Å². The van der Waals surface area contributed by atoms with E-state index in [2.05, 4.69) is 10.2 Å². The lowest BCUT2D eigenvalue weighted by Gasteiger charge is -2.31. The van der Waals surface area contributed by atoms with Crippen molar-refractivity contribution in [3.05, 3.63) is 58.6 Å². The summed E-state index contributed by atoms with van der Waals surface area (Å²) in [5, 5.41) is 20.6. The van der Waals surface area contributed by atoms with E-state index in [0.717, 1.165) is 23.4 Å². The van der Waals surface area contributed by atoms with Crippen LogP contribution < -0.4 is 0 Å². The molecule has 0 unspecified atom stereocenters. The van der Waals surface area contributed by atoms with Crippen LogP contribution in [0.25, 0.3) is 11.4 Å². The van der Waals surface area contributed by atoms with Crippen molar-refractivity contribution >= 4 is 27.5 Å². The molecule has 1 saturated heterocycles. The number of nitro groups is 1. The molecule has 1 fully saturated rings. The number of benzene rings is 2. The van der Waals surface area contributed by atoms with E-state index >= 15 is 0 Å². The van der Waals surface area contributed by atoms with Gasteiger partial charge in [0.2, 0.25) is 10.0 Å². The maximum atomic E-state index is 13.0. The van der Waals surface area contributed by atoms with Crippen LogP contribution in [-0.4, -0.2) is 70.5 Å². The van der Waals surface area contributed by atoms with Crippen LogP contribution in [0, 0.1) is 10.1 Å². The van der Waals surface area contributed by atoms with Gasteiger partial charge < -0.3 is 9.47 Å². The molecular formula is C20H22N6O4S2. The highest BCUT2D eigenvalue weighted by atomic mass is 32.2. The minimum absolute atomic E-state index is 0.0824. The molecule has 1 aliphatic rings. The van der Waals surface area contributed by atoms with Gasteiger partial charge in [-0.1, -0.05) is 30.3 Å². The third kappa shape index (κ3) is 4.39. The van der Waals surface area contributed by atoms with Crippen molar-refractivity contribution in [1.29, 1.82) is 0 Å². The van der Waals surface area contributed by atoms with Gasteiger partial charge in [0.1, 0.15) is 0 Å².